The Balaban J connectivity index is 2.46. The van der Waals surface area contributed by atoms with Gasteiger partial charge in [-0.15, -0.1) is 0 Å². The molecule has 0 aliphatic rings. The van der Waals surface area contributed by atoms with Crippen LogP contribution in [0.3, 0.4) is 0 Å². The summed E-state index contributed by atoms with van der Waals surface area (Å²) in [6, 6.07) is 7.45. The normalized spacial score (nSPS) is 11.3. The van der Waals surface area contributed by atoms with Gasteiger partial charge < -0.3 is 9.84 Å². The third-order valence-electron chi connectivity index (χ3n) is 3.26. The minimum atomic E-state index is -3.77. The number of rotatable bonds is 9. The predicted octanol–water partition coefficient (Wildman–Crippen LogP) is 1.48. The molecular formula is C16H22N4O4S. The van der Waals surface area contributed by atoms with Gasteiger partial charge in [-0.2, -0.15) is 13.1 Å². The number of hydrogen-bond acceptors (Lipinski definition) is 6. The van der Waals surface area contributed by atoms with Gasteiger partial charge in [-0.25, -0.2) is 9.97 Å². The third-order valence-corrected chi connectivity index (χ3v) is 4.30. The second-order valence-corrected chi connectivity index (χ2v) is 6.84. The fraction of sp³-hybridized carbons (Fsp3) is 0.375. The number of benzene rings is 1. The highest BCUT2D eigenvalue weighted by Gasteiger charge is 2.19. The van der Waals surface area contributed by atoms with Crippen LogP contribution < -0.4 is 14.2 Å². The average Bonchev–Trinajstić information content (AvgIpc) is 2.59. The fourth-order valence-corrected chi connectivity index (χ4v) is 3.03. The van der Waals surface area contributed by atoms with E-state index in [1.54, 1.807) is 0 Å². The van der Waals surface area contributed by atoms with Gasteiger partial charge in [0.05, 0.1) is 12.2 Å². The quantitative estimate of drug-likeness (QED) is 0.619. The summed E-state index contributed by atoms with van der Waals surface area (Å²) in [6.07, 6.45) is 1.88. The zero-order chi connectivity index (χ0) is 18.3. The Kier molecular flexibility index (Phi) is 6.68. The molecule has 9 heteroatoms. The van der Waals surface area contributed by atoms with E-state index in [4.69, 9.17) is 9.84 Å². The van der Waals surface area contributed by atoms with E-state index in [0.29, 0.717) is 24.1 Å². The van der Waals surface area contributed by atoms with Crippen LogP contribution in [0, 0.1) is 6.92 Å². The highest BCUT2D eigenvalue weighted by atomic mass is 32.2. The number of aliphatic hydroxyl groups excluding tert-OH is 1. The molecule has 1 aromatic carbocycles. The first-order chi connectivity index (χ1) is 12.0. The van der Waals surface area contributed by atoms with Gasteiger partial charge in [0.1, 0.15) is 12.9 Å². The van der Waals surface area contributed by atoms with Gasteiger partial charge in [0.15, 0.2) is 5.82 Å². The Morgan fingerprint density at radius 2 is 1.92 bits per heavy atom. The van der Waals surface area contributed by atoms with Crippen LogP contribution in [0.4, 0.5) is 5.82 Å². The van der Waals surface area contributed by atoms with Crippen LogP contribution in [0.1, 0.15) is 18.9 Å². The van der Waals surface area contributed by atoms with E-state index in [0.717, 1.165) is 5.56 Å². The van der Waals surface area contributed by atoms with Gasteiger partial charge >= 0.3 is 0 Å². The van der Waals surface area contributed by atoms with Crippen molar-refractivity contribution in [1.82, 2.24) is 14.7 Å². The number of nitrogens with one attached hydrogen (secondary N) is 2. The molecule has 0 unspecified atom stereocenters. The van der Waals surface area contributed by atoms with E-state index >= 15 is 0 Å². The van der Waals surface area contributed by atoms with Crippen molar-refractivity contribution in [2.75, 3.05) is 24.5 Å². The summed E-state index contributed by atoms with van der Waals surface area (Å²) in [6.45, 7) is 3.99. The molecule has 0 amide bonds. The molecule has 3 N–H and O–H groups in total. The maximum absolute atomic E-state index is 12.2. The third kappa shape index (κ3) is 5.38. The summed E-state index contributed by atoms with van der Waals surface area (Å²) >= 11 is 0. The van der Waals surface area contributed by atoms with Gasteiger partial charge in [-0.3, -0.25) is 4.72 Å². The minimum Gasteiger partial charge on any atom is -0.475 e. The summed E-state index contributed by atoms with van der Waals surface area (Å²) in [5.74, 6) is 0.302. The van der Waals surface area contributed by atoms with Crippen molar-refractivity contribution in [3.63, 3.8) is 0 Å². The van der Waals surface area contributed by atoms with Crippen LogP contribution in [-0.4, -0.2) is 43.3 Å². The number of aliphatic hydroxyl groups is 1. The largest absolute Gasteiger partial charge is 0.475 e. The van der Waals surface area contributed by atoms with Crippen LogP contribution >= 0.6 is 0 Å². The molecule has 0 spiro atoms. The SMILES string of the molecule is CCCNS(=O)(=O)Nc1ncnc(OCCO)c1-c1ccc(C)cc1. The average molecular weight is 366 g/mol. The lowest BCUT2D eigenvalue weighted by molar-refractivity contribution is 0.197. The van der Waals surface area contributed by atoms with Crippen LogP contribution in [0.5, 0.6) is 5.88 Å². The zero-order valence-corrected chi connectivity index (χ0v) is 15.0. The van der Waals surface area contributed by atoms with Crippen molar-refractivity contribution in [2.24, 2.45) is 0 Å². The number of nitrogens with zero attached hydrogens (tertiary/aromatic N) is 2. The van der Waals surface area contributed by atoms with Crippen molar-refractivity contribution < 1.29 is 18.3 Å². The monoisotopic (exact) mass is 366 g/mol. The molecule has 1 heterocycles. The number of ether oxygens (including phenoxy) is 1. The Morgan fingerprint density at radius 3 is 2.56 bits per heavy atom. The van der Waals surface area contributed by atoms with E-state index in [9.17, 15) is 8.42 Å². The first-order valence-electron chi connectivity index (χ1n) is 7.90. The van der Waals surface area contributed by atoms with Gasteiger partial charge in [-0.1, -0.05) is 36.8 Å². The van der Waals surface area contributed by atoms with E-state index in [-0.39, 0.29) is 24.9 Å². The molecule has 136 valence electrons. The Hall–Kier alpha value is -2.23. The van der Waals surface area contributed by atoms with Crippen molar-refractivity contribution in [3.05, 3.63) is 36.2 Å². The van der Waals surface area contributed by atoms with Crippen LogP contribution in [0.15, 0.2) is 30.6 Å². The predicted molar refractivity (Wildman–Crippen MR) is 95.6 cm³/mol. The molecule has 2 rings (SSSR count). The minimum absolute atomic E-state index is 0.0378. The molecule has 0 fully saturated rings. The first kappa shape index (κ1) is 19.1. The molecule has 0 saturated heterocycles. The van der Waals surface area contributed by atoms with Crippen molar-refractivity contribution in [3.8, 4) is 17.0 Å². The van der Waals surface area contributed by atoms with E-state index in [2.05, 4.69) is 19.4 Å². The van der Waals surface area contributed by atoms with E-state index in [1.165, 1.54) is 6.33 Å². The Bertz CT molecular complexity index is 794. The van der Waals surface area contributed by atoms with Crippen LogP contribution in [0.25, 0.3) is 11.1 Å². The topological polar surface area (TPSA) is 113 Å². The van der Waals surface area contributed by atoms with Crippen LogP contribution in [0.2, 0.25) is 0 Å². The lowest BCUT2D eigenvalue weighted by Gasteiger charge is -2.15. The van der Waals surface area contributed by atoms with E-state index in [1.807, 2.05) is 38.1 Å². The van der Waals surface area contributed by atoms with Crippen LogP contribution in [-0.2, 0) is 10.2 Å². The molecule has 0 radical (unpaired) electrons. The first-order valence-corrected chi connectivity index (χ1v) is 9.38. The number of anilines is 1. The molecular weight excluding hydrogens is 344 g/mol. The summed E-state index contributed by atoms with van der Waals surface area (Å²) < 4.78 is 34.6. The summed E-state index contributed by atoms with van der Waals surface area (Å²) in [4.78, 5) is 8.12. The highest BCUT2D eigenvalue weighted by Crippen LogP contribution is 2.34. The second-order valence-electron chi connectivity index (χ2n) is 5.34. The lowest BCUT2D eigenvalue weighted by Crippen LogP contribution is -2.31. The summed E-state index contributed by atoms with van der Waals surface area (Å²) in [7, 11) is -3.77. The second kappa shape index (κ2) is 8.75. The molecule has 0 aliphatic carbocycles. The van der Waals surface area contributed by atoms with Crippen molar-refractivity contribution in [1.29, 1.82) is 0 Å². The summed E-state index contributed by atoms with van der Waals surface area (Å²) in [5, 5.41) is 8.99. The van der Waals surface area contributed by atoms with Gasteiger partial charge in [0.25, 0.3) is 10.2 Å². The maximum atomic E-state index is 12.2. The molecule has 1 aromatic heterocycles. The number of hydrogen-bond donors (Lipinski definition) is 3. The van der Waals surface area contributed by atoms with Crippen molar-refractivity contribution in [2.45, 2.75) is 20.3 Å². The molecule has 2 aromatic rings. The number of aromatic nitrogens is 2. The highest BCUT2D eigenvalue weighted by molar-refractivity contribution is 7.90. The van der Waals surface area contributed by atoms with Crippen molar-refractivity contribution >= 4 is 16.0 Å². The van der Waals surface area contributed by atoms with E-state index < -0.39 is 10.2 Å². The van der Waals surface area contributed by atoms with Gasteiger partial charge in [0, 0.05) is 6.54 Å². The molecule has 8 nitrogen and oxygen atoms in total. The lowest BCUT2D eigenvalue weighted by atomic mass is 10.1. The number of aryl methyl sites for hydroxylation is 1. The molecule has 0 bridgehead atoms. The maximum Gasteiger partial charge on any atom is 0.300 e. The molecule has 0 saturated carbocycles. The standard InChI is InChI=1S/C16H22N4O4S/c1-3-8-19-25(22,23)20-15-14(13-6-4-12(2)5-7-13)16(18-11-17-15)24-10-9-21/h4-7,11,19,21H,3,8-10H2,1-2H3,(H,17,18,20). The van der Waals surface area contributed by atoms with Gasteiger partial charge in [0.2, 0.25) is 5.88 Å². The van der Waals surface area contributed by atoms with Gasteiger partial charge in [-0.05, 0) is 18.9 Å². The summed E-state index contributed by atoms with van der Waals surface area (Å²) in [5.41, 5.74) is 2.18. The molecule has 25 heavy (non-hydrogen) atoms. The zero-order valence-electron chi connectivity index (χ0n) is 14.2. The fourth-order valence-electron chi connectivity index (χ4n) is 2.08. The molecule has 0 aliphatic heterocycles. The Labute approximate surface area is 147 Å². The smallest absolute Gasteiger partial charge is 0.300 e. The molecule has 0 atom stereocenters. The Morgan fingerprint density at radius 1 is 1.20 bits per heavy atom.